The van der Waals surface area contributed by atoms with E-state index >= 15 is 0 Å². The summed E-state index contributed by atoms with van der Waals surface area (Å²) < 4.78 is 11.1. The van der Waals surface area contributed by atoms with Gasteiger partial charge in [0.25, 0.3) is 0 Å². The van der Waals surface area contributed by atoms with Gasteiger partial charge in [-0.3, -0.25) is 0 Å². The standard InChI is InChI=1S/C21H27NO4/c1-22-9-8-16-10-17(13-23)19(24)11-15(16)5-4-14-6-7-20(25-2)21(26-3)18(14)12-22/h6-7,10-11,23-24H,4-5,8-9,12-13H2,1-3H3. The Morgan fingerprint density at radius 1 is 1.00 bits per heavy atom. The zero-order valence-electron chi connectivity index (χ0n) is 15.7. The van der Waals surface area contributed by atoms with Crippen molar-refractivity contribution < 1.29 is 19.7 Å². The molecule has 0 saturated carbocycles. The van der Waals surface area contributed by atoms with Crippen LogP contribution in [0.4, 0.5) is 0 Å². The lowest BCUT2D eigenvalue weighted by atomic mass is 9.92. The number of nitrogens with zero attached hydrogens (tertiary/aromatic N) is 1. The zero-order valence-corrected chi connectivity index (χ0v) is 15.7. The number of hydrogen-bond acceptors (Lipinski definition) is 5. The van der Waals surface area contributed by atoms with E-state index in [0.29, 0.717) is 5.56 Å². The third kappa shape index (κ3) is 3.64. The zero-order chi connectivity index (χ0) is 18.7. The van der Waals surface area contributed by atoms with E-state index < -0.39 is 0 Å². The number of benzene rings is 2. The van der Waals surface area contributed by atoms with E-state index in [1.54, 1.807) is 14.2 Å². The summed E-state index contributed by atoms with van der Waals surface area (Å²) in [5.74, 6) is 1.72. The molecule has 0 unspecified atom stereocenters. The number of likely N-dealkylation sites (N-methyl/N-ethyl adjacent to an activating group) is 1. The third-order valence-electron chi connectivity index (χ3n) is 5.17. The lowest BCUT2D eigenvalue weighted by Gasteiger charge is -2.25. The average Bonchev–Trinajstić information content (AvgIpc) is 2.65. The molecule has 26 heavy (non-hydrogen) atoms. The van der Waals surface area contributed by atoms with Gasteiger partial charge >= 0.3 is 0 Å². The normalized spacial score (nSPS) is 15.1. The van der Waals surface area contributed by atoms with Crippen LogP contribution >= 0.6 is 0 Å². The van der Waals surface area contributed by atoms with Crippen molar-refractivity contribution in [3.05, 3.63) is 52.1 Å². The van der Waals surface area contributed by atoms with E-state index in [2.05, 4.69) is 18.0 Å². The molecule has 0 saturated heterocycles. The van der Waals surface area contributed by atoms with Gasteiger partial charge in [0.1, 0.15) is 5.75 Å². The molecule has 2 aromatic rings. The fraction of sp³-hybridized carbons (Fsp3) is 0.429. The summed E-state index contributed by atoms with van der Waals surface area (Å²) in [6.07, 6.45) is 2.57. The Morgan fingerprint density at radius 2 is 1.73 bits per heavy atom. The first-order valence-corrected chi connectivity index (χ1v) is 8.93. The van der Waals surface area contributed by atoms with Crippen molar-refractivity contribution in [1.29, 1.82) is 0 Å². The van der Waals surface area contributed by atoms with Crippen LogP contribution in [0.3, 0.4) is 0 Å². The number of aromatic hydroxyl groups is 1. The van der Waals surface area contributed by atoms with Crippen LogP contribution in [0.15, 0.2) is 24.3 Å². The van der Waals surface area contributed by atoms with Crippen LogP contribution < -0.4 is 9.47 Å². The second kappa shape index (κ2) is 7.98. The van der Waals surface area contributed by atoms with Gasteiger partial charge in [0.2, 0.25) is 0 Å². The predicted octanol–water partition coefficient (Wildman–Crippen LogP) is 2.67. The number of aliphatic hydroxyl groups is 1. The molecular weight excluding hydrogens is 330 g/mol. The summed E-state index contributed by atoms with van der Waals surface area (Å²) in [7, 11) is 5.43. The smallest absolute Gasteiger partial charge is 0.165 e. The van der Waals surface area contributed by atoms with Gasteiger partial charge in [-0.1, -0.05) is 6.07 Å². The number of phenols is 1. The summed E-state index contributed by atoms with van der Waals surface area (Å²) in [6.45, 7) is 1.52. The van der Waals surface area contributed by atoms with Crippen LogP contribution in [0, 0.1) is 0 Å². The highest BCUT2D eigenvalue weighted by Crippen LogP contribution is 2.36. The molecule has 5 heteroatoms. The molecule has 3 rings (SSSR count). The lowest BCUT2D eigenvalue weighted by molar-refractivity contribution is 0.275. The maximum absolute atomic E-state index is 10.1. The van der Waals surface area contributed by atoms with E-state index in [0.717, 1.165) is 55.0 Å². The molecule has 2 aromatic carbocycles. The second-order valence-corrected chi connectivity index (χ2v) is 6.83. The van der Waals surface area contributed by atoms with Crippen LogP contribution in [-0.4, -0.2) is 42.9 Å². The number of methoxy groups -OCH3 is 2. The van der Waals surface area contributed by atoms with Crippen molar-refractivity contribution in [3.63, 3.8) is 0 Å². The van der Waals surface area contributed by atoms with Crippen LogP contribution in [-0.2, 0) is 32.4 Å². The second-order valence-electron chi connectivity index (χ2n) is 6.83. The molecule has 0 amide bonds. The minimum absolute atomic E-state index is 0.144. The van der Waals surface area contributed by atoms with Gasteiger partial charge in [0, 0.05) is 24.2 Å². The minimum atomic E-state index is -0.144. The molecule has 0 radical (unpaired) electrons. The van der Waals surface area contributed by atoms with Gasteiger partial charge in [-0.25, -0.2) is 0 Å². The minimum Gasteiger partial charge on any atom is -0.508 e. The summed E-state index contributed by atoms with van der Waals surface area (Å²) in [5.41, 5.74) is 5.32. The van der Waals surface area contributed by atoms with Gasteiger partial charge in [-0.2, -0.15) is 0 Å². The van der Waals surface area contributed by atoms with Crippen LogP contribution in [0.1, 0.15) is 27.8 Å². The van der Waals surface area contributed by atoms with E-state index in [-0.39, 0.29) is 12.4 Å². The molecule has 140 valence electrons. The number of aliphatic hydroxyl groups excluding tert-OH is 1. The summed E-state index contributed by atoms with van der Waals surface area (Å²) in [5, 5.41) is 19.6. The Morgan fingerprint density at radius 3 is 2.42 bits per heavy atom. The maximum Gasteiger partial charge on any atom is 0.165 e. The Bertz CT molecular complexity index is 788. The Labute approximate surface area is 154 Å². The Hall–Kier alpha value is -2.24. The highest BCUT2D eigenvalue weighted by molar-refractivity contribution is 5.51. The maximum atomic E-state index is 10.1. The largest absolute Gasteiger partial charge is 0.508 e. The highest BCUT2D eigenvalue weighted by atomic mass is 16.5. The van der Waals surface area contributed by atoms with E-state index in [9.17, 15) is 10.2 Å². The fourth-order valence-corrected chi connectivity index (χ4v) is 3.69. The van der Waals surface area contributed by atoms with Crippen molar-refractivity contribution >= 4 is 0 Å². The third-order valence-corrected chi connectivity index (χ3v) is 5.17. The number of ether oxygens (including phenoxy) is 2. The molecule has 1 heterocycles. The quantitative estimate of drug-likeness (QED) is 0.884. The molecule has 0 atom stereocenters. The molecular formula is C21H27NO4. The summed E-state index contributed by atoms with van der Waals surface area (Å²) in [6, 6.07) is 7.81. The number of rotatable bonds is 3. The van der Waals surface area contributed by atoms with Crippen molar-refractivity contribution in [3.8, 4) is 17.2 Å². The SMILES string of the molecule is COc1ccc2c(c1OC)CN(C)CCc1cc(CO)c(O)cc1CC2. The molecule has 5 nitrogen and oxygen atoms in total. The van der Waals surface area contributed by atoms with Crippen molar-refractivity contribution in [2.24, 2.45) is 0 Å². The molecule has 1 aliphatic rings. The van der Waals surface area contributed by atoms with Crippen LogP contribution in [0.25, 0.3) is 0 Å². The Balaban J connectivity index is 2.03. The van der Waals surface area contributed by atoms with Gasteiger partial charge < -0.3 is 24.6 Å². The molecule has 1 aliphatic heterocycles. The number of aryl methyl sites for hydroxylation is 2. The first kappa shape index (κ1) is 18.5. The number of fused-ring (bicyclic) bond motifs is 2. The van der Waals surface area contributed by atoms with Crippen LogP contribution in [0.2, 0.25) is 0 Å². The molecule has 2 N–H and O–H groups in total. The topological polar surface area (TPSA) is 62.2 Å². The number of hydrogen-bond donors (Lipinski definition) is 2. The average molecular weight is 357 g/mol. The predicted molar refractivity (Wildman–Crippen MR) is 101 cm³/mol. The Kier molecular flexibility index (Phi) is 5.69. The van der Waals surface area contributed by atoms with Gasteiger partial charge in [0.05, 0.1) is 20.8 Å². The highest BCUT2D eigenvalue weighted by Gasteiger charge is 2.19. The van der Waals surface area contributed by atoms with Crippen molar-refractivity contribution in [1.82, 2.24) is 4.90 Å². The van der Waals surface area contributed by atoms with E-state index in [1.165, 1.54) is 11.1 Å². The van der Waals surface area contributed by atoms with Gasteiger partial charge in [0.15, 0.2) is 11.5 Å². The molecule has 0 spiro atoms. The fourth-order valence-electron chi connectivity index (χ4n) is 3.69. The van der Waals surface area contributed by atoms with Crippen molar-refractivity contribution in [2.45, 2.75) is 32.4 Å². The lowest BCUT2D eigenvalue weighted by Crippen LogP contribution is -2.23. The van der Waals surface area contributed by atoms with Crippen molar-refractivity contribution in [2.75, 3.05) is 27.8 Å². The molecule has 0 bridgehead atoms. The van der Waals surface area contributed by atoms with Gasteiger partial charge in [-0.05, 0) is 61.2 Å². The monoisotopic (exact) mass is 357 g/mol. The van der Waals surface area contributed by atoms with E-state index in [4.69, 9.17) is 9.47 Å². The first-order valence-electron chi connectivity index (χ1n) is 8.93. The molecule has 0 fully saturated rings. The molecule has 0 aromatic heterocycles. The van der Waals surface area contributed by atoms with E-state index in [1.807, 2.05) is 18.2 Å². The first-order chi connectivity index (χ1) is 12.6. The summed E-state index contributed by atoms with van der Waals surface area (Å²) in [4.78, 5) is 2.27. The van der Waals surface area contributed by atoms with Crippen LogP contribution in [0.5, 0.6) is 17.2 Å². The summed E-state index contributed by atoms with van der Waals surface area (Å²) >= 11 is 0. The van der Waals surface area contributed by atoms with Gasteiger partial charge in [-0.15, -0.1) is 0 Å². The molecule has 0 aliphatic carbocycles.